The first-order valence-corrected chi connectivity index (χ1v) is 8.96. The van der Waals surface area contributed by atoms with Crippen molar-refractivity contribution >= 4 is 5.91 Å². The zero-order valence-corrected chi connectivity index (χ0v) is 14.5. The molecule has 0 radical (unpaired) electrons. The number of aliphatic hydroxyl groups is 1. The number of amides is 1. The smallest absolute Gasteiger partial charge is 0.253 e. The summed E-state index contributed by atoms with van der Waals surface area (Å²) in [6.45, 7) is 2.48. The summed E-state index contributed by atoms with van der Waals surface area (Å²) in [5.74, 6) is -0.143. The highest BCUT2D eigenvalue weighted by Crippen LogP contribution is 2.42. The molecule has 2 saturated heterocycles. The van der Waals surface area contributed by atoms with E-state index in [1.54, 1.807) is 42.5 Å². The van der Waals surface area contributed by atoms with Gasteiger partial charge in [-0.1, -0.05) is 30.3 Å². The molecule has 2 aliphatic rings. The molecule has 136 valence electrons. The highest BCUT2D eigenvalue weighted by Gasteiger charge is 2.49. The first-order chi connectivity index (χ1) is 12.6. The minimum absolute atomic E-state index is 0.0488. The summed E-state index contributed by atoms with van der Waals surface area (Å²) in [7, 11) is 0. The van der Waals surface area contributed by atoms with Crippen molar-refractivity contribution in [1.82, 2.24) is 4.90 Å². The molecule has 0 aliphatic carbocycles. The van der Waals surface area contributed by atoms with Gasteiger partial charge in [0.25, 0.3) is 5.91 Å². The Kier molecular flexibility index (Phi) is 4.51. The van der Waals surface area contributed by atoms with Gasteiger partial charge in [-0.25, -0.2) is 4.39 Å². The van der Waals surface area contributed by atoms with E-state index in [1.807, 2.05) is 4.90 Å². The predicted octanol–water partition coefficient (Wildman–Crippen LogP) is 2.96. The molecule has 1 amide bonds. The summed E-state index contributed by atoms with van der Waals surface area (Å²) < 4.78 is 19.5. The number of hydrogen-bond donors (Lipinski definition) is 1. The SMILES string of the molecule is O=C(c1ccc(-c2ccccc2F)cc1)N1C[C@@H]2COCC[C@]2(CO)C1. The lowest BCUT2D eigenvalue weighted by Gasteiger charge is -2.36. The topological polar surface area (TPSA) is 49.8 Å². The van der Waals surface area contributed by atoms with Crippen LogP contribution in [0.25, 0.3) is 11.1 Å². The van der Waals surface area contributed by atoms with Gasteiger partial charge in [0, 0.05) is 42.2 Å². The minimum Gasteiger partial charge on any atom is -0.396 e. The Balaban J connectivity index is 1.53. The fourth-order valence-corrected chi connectivity index (χ4v) is 4.13. The van der Waals surface area contributed by atoms with E-state index >= 15 is 0 Å². The van der Waals surface area contributed by atoms with Crippen LogP contribution in [0.5, 0.6) is 0 Å². The number of halogens is 1. The molecule has 2 heterocycles. The number of ether oxygens (including phenoxy) is 1. The molecule has 2 aromatic rings. The zero-order valence-electron chi connectivity index (χ0n) is 14.5. The molecule has 0 unspecified atom stereocenters. The van der Waals surface area contributed by atoms with Crippen molar-refractivity contribution in [1.29, 1.82) is 0 Å². The van der Waals surface area contributed by atoms with Crippen LogP contribution in [-0.4, -0.2) is 48.8 Å². The Morgan fingerprint density at radius 1 is 1.23 bits per heavy atom. The van der Waals surface area contributed by atoms with Crippen LogP contribution in [0.15, 0.2) is 48.5 Å². The lowest BCUT2D eigenvalue weighted by Crippen LogP contribution is -2.41. The van der Waals surface area contributed by atoms with Crippen LogP contribution in [0.1, 0.15) is 16.8 Å². The standard InChI is InChI=1S/C21H22FNO3/c22-19-4-2-1-3-18(19)15-5-7-16(8-6-15)20(25)23-11-17-12-26-10-9-21(17,13-23)14-24/h1-8,17,24H,9-14H2/t17-,21-/m1/s1. The maximum Gasteiger partial charge on any atom is 0.253 e. The molecule has 4 rings (SSSR count). The van der Waals surface area contributed by atoms with E-state index in [2.05, 4.69) is 0 Å². The second-order valence-corrected chi connectivity index (χ2v) is 7.29. The van der Waals surface area contributed by atoms with Crippen molar-refractivity contribution in [2.45, 2.75) is 6.42 Å². The number of rotatable bonds is 3. The summed E-state index contributed by atoms with van der Waals surface area (Å²) in [6, 6.07) is 13.6. The Labute approximate surface area is 152 Å². The molecule has 2 aliphatic heterocycles. The molecule has 0 spiro atoms. The van der Waals surface area contributed by atoms with Crippen LogP contribution in [0.4, 0.5) is 4.39 Å². The second kappa shape index (κ2) is 6.82. The minimum atomic E-state index is -0.278. The van der Waals surface area contributed by atoms with Gasteiger partial charge in [-0.3, -0.25) is 4.79 Å². The van der Waals surface area contributed by atoms with Crippen molar-refractivity contribution in [3.8, 4) is 11.1 Å². The summed E-state index contributed by atoms with van der Waals surface area (Å²) in [4.78, 5) is 14.7. The van der Waals surface area contributed by atoms with Crippen molar-refractivity contribution in [3.05, 3.63) is 59.9 Å². The van der Waals surface area contributed by atoms with Gasteiger partial charge in [-0.05, 0) is 30.2 Å². The third kappa shape index (κ3) is 2.91. The molecule has 0 saturated carbocycles. The molecule has 1 N–H and O–H groups in total. The van der Waals surface area contributed by atoms with Gasteiger partial charge in [-0.2, -0.15) is 0 Å². The molecule has 5 heteroatoms. The number of fused-ring (bicyclic) bond motifs is 1. The first kappa shape index (κ1) is 17.2. The average Bonchev–Trinajstić information content (AvgIpc) is 3.08. The van der Waals surface area contributed by atoms with Gasteiger partial charge in [0.1, 0.15) is 5.82 Å². The average molecular weight is 355 g/mol. The van der Waals surface area contributed by atoms with E-state index in [0.29, 0.717) is 37.4 Å². The zero-order chi connectivity index (χ0) is 18.1. The molecule has 0 aromatic heterocycles. The summed E-state index contributed by atoms with van der Waals surface area (Å²) in [5, 5.41) is 9.88. The van der Waals surface area contributed by atoms with Gasteiger partial charge < -0.3 is 14.7 Å². The molecule has 2 aromatic carbocycles. The maximum absolute atomic E-state index is 13.9. The Morgan fingerprint density at radius 2 is 2.00 bits per heavy atom. The van der Waals surface area contributed by atoms with E-state index in [-0.39, 0.29) is 29.7 Å². The molecule has 2 atom stereocenters. The molecule has 4 nitrogen and oxygen atoms in total. The summed E-state index contributed by atoms with van der Waals surface area (Å²) >= 11 is 0. The van der Waals surface area contributed by atoms with Gasteiger partial charge in [0.15, 0.2) is 0 Å². The number of carbonyl (C=O) groups excluding carboxylic acids is 1. The van der Waals surface area contributed by atoms with Crippen LogP contribution >= 0.6 is 0 Å². The highest BCUT2D eigenvalue weighted by molar-refractivity contribution is 5.95. The van der Waals surface area contributed by atoms with Crippen LogP contribution in [0.2, 0.25) is 0 Å². The van der Waals surface area contributed by atoms with Crippen LogP contribution < -0.4 is 0 Å². The third-order valence-corrected chi connectivity index (χ3v) is 5.79. The van der Waals surface area contributed by atoms with E-state index in [0.717, 1.165) is 12.0 Å². The number of hydrogen-bond acceptors (Lipinski definition) is 3. The number of nitrogens with zero attached hydrogens (tertiary/aromatic N) is 1. The Morgan fingerprint density at radius 3 is 2.69 bits per heavy atom. The predicted molar refractivity (Wildman–Crippen MR) is 96.2 cm³/mol. The van der Waals surface area contributed by atoms with Crippen LogP contribution in [-0.2, 0) is 4.74 Å². The van der Waals surface area contributed by atoms with Gasteiger partial charge in [-0.15, -0.1) is 0 Å². The van der Waals surface area contributed by atoms with Crippen molar-refractivity contribution in [2.24, 2.45) is 11.3 Å². The fraction of sp³-hybridized carbons (Fsp3) is 0.381. The quantitative estimate of drug-likeness (QED) is 0.921. The lowest BCUT2D eigenvalue weighted by molar-refractivity contribution is -0.0415. The van der Waals surface area contributed by atoms with E-state index < -0.39 is 0 Å². The molecule has 26 heavy (non-hydrogen) atoms. The van der Waals surface area contributed by atoms with Crippen molar-refractivity contribution < 1.29 is 19.0 Å². The molecular weight excluding hydrogens is 333 g/mol. The second-order valence-electron chi connectivity index (χ2n) is 7.29. The third-order valence-electron chi connectivity index (χ3n) is 5.79. The van der Waals surface area contributed by atoms with E-state index in [1.165, 1.54) is 6.07 Å². The van der Waals surface area contributed by atoms with E-state index in [4.69, 9.17) is 4.74 Å². The highest BCUT2D eigenvalue weighted by atomic mass is 19.1. The first-order valence-electron chi connectivity index (χ1n) is 8.96. The number of likely N-dealkylation sites (tertiary alicyclic amines) is 1. The summed E-state index contributed by atoms with van der Waals surface area (Å²) in [6.07, 6.45) is 0.782. The van der Waals surface area contributed by atoms with Gasteiger partial charge in [0.05, 0.1) is 13.2 Å². The van der Waals surface area contributed by atoms with Gasteiger partial charge >= 0.3 is 0 Å². The number of aliphatic hydroxyl groups excluding tert-OH is 1. The largest absolute Gasteiger partial charge is 0.396 e. The normalized spacial score (nSPS) is 25.2. The molecule has 0 bridgehead atoms. The number of benzene rings is 2. The maximum atomic E-state index is 13.9. The lowest BCUT2D eigenvalue weighted by atomic mass is 9.75. The van der Waals surface area contributed by atoms with E-state index in [9.17, 15) is 14.3 Å². The van der Waals surface area contributed by atoms with Crippen molar-refractivity contribution in [2.75, 3.05) is 32.9 Å². The van der Waals surface area contributed by atoms with Crippen LogP contribution in [0.3, 0.4) is 0 Å². The fourth-order valence-electron chi connectivity index (χ4n) is 4.13. The van der Waals surface area contributed by atoms with Crippen LogP contribution in [0, 0.1) is 17.2 Å². The molecule has 2 fully saturated rings. The Bertz CT molecular complexity index is 807. The molecular formula is C21H22FNO3. The van der Waals surface area contributed by atoms with Gasteiger partial charge in [0.2, 0.25) is 0 Å². The monoisotopic (exact) mass is 355 g/mol. The number of carbonyl (C=O) groups is 1. The summed E-state index contributed by atoms with van der Waals surface area (Å²) in [5.41, 5.74) is 1.61. The Hall–Kier alpha value is -2.24. The van der Waals surface area contributed by atoms with Crippen molar-refractivity contribution in [3.63, 3.8) is 0 Å².